The third-order valence-electron chi connectivity index (χ3n) is 5.28. The second kappa shape index (κ2) is 8.36. The molecule has 0 saturated carbocycles. The highest BCUT2D eigenvalue weighted by atomic mass is 35.5. The third kappa shape index (κ3) is 4.18. The van der Waals surface area contributed by atoms with Gasteiger partial charge in [0, 0.05) is 33.1 Å². The van der Waals surface area contributed by atoms with Gasteiger partial charge in [0.05, 0.1) is 15.5 Å². The molecule has 0 bridgehead atoms. The quantitative estimate of drug-likeness (QED) is 0.590. The number of amides is 1. The van der Waals surface area contributed by atoms with Crippen LogP contribution in [0.15, 0.2) is 62.9 Å². The van der Waals surface area contributed by atoms with Crippen molar-refractivity contribution in [1.82, 2.24) is 9.88 Å². The van der Waals surface area contributed by atoms with Gasteiger partial charge in [-0.05, 0) is 31.2 Å². The number of aryl methyl sites for hydroxylation is 1. The molecule has 9 heteroatoms. The summed E-state index contributed by atoms with van der Waals surface area (Å²) in [5, 5.41) is 0.263. The fourth-order valence-corrected chi connectivity index (χ4v) is 5.01. The van der Waals surface area contributed by atoms with Crippen LogP contribution >= 0.6 is 11.6 Å². The summed E-state index contributed by atoms with van der Waals surface area (Å²) in [4.78, 5) is 19.7. The van der Waals surface area contributed by atoms with E-state index < -0.39 is 9.84 Å². The molecular weight excluding hydrogens is 438 g/mol. The molecule has 1 amide bonds. The van der Waals surface area contributed by atoms with E-state index in [0.29, 0.717) is 36.8 Å². The molecule has 2 heterocycles. The topological polar surface area (TPSA) is 83.7 Å². The van der Waals surface area contributed by atoms with E-state index >= 15 is 0 Å². The van der Waals surface area contributed by atoms with Crippen molar-refractivity contribution in [1.29, 1.82) is 0 Å². The van der Waals surface area contributed by atoms with Crippen molar-refractivity contribution >= 4 is 33.2 Å². The molecule has 1 aliphatic heterocycles. The third-order valence-corrected chi connectivity index (χ3v) is 7.28. The van der Waals surface area contributed by atoms with Gasteiger partial charge in [-0.25, -0.2) is 8.42 Å². The molecule has 7 nitrogen and oxygen atoms in total. The molecule has 0 aliphatic carbocycles. The number of hydrogen-bond donors (Lipinski definition) is 0. The molecular formula is C22H22ClN3O4S. The monoisotopic (exact) mass is 459 g/mol. The normalized spacial score (nSPS) is 14.7. The molecule has 162 valence electrons. The Morgan fingerprint density at radius 2 is 1.68 bits per heavy atom. The minimum Gasteiger partial charge on any atom is -0.419 e. The van der Waals surface area contributed by atoms with Gasteiger partial charge in [0.1, 0.15) is 0 Å². The van der Waals surface area contributed by atoms with Gasteiger partial charge in [-0.1, -0.05) is 41.4 Å². The molecule has 1 aliphatic rings. The number of piperazine rings is 1. The Hall–Kier alpha value is -2.84. The molecule has 0 radical (unpaired) electrons. The minimum absolute atomic E-state index is 0.0125. The molecule has 4 rings (SSSR count). The summed E-state index contributed by atoms with van der Waals surface area (Å²) < 4.78 is 32.9. The Bertz CT molecular complexity index is 1210. The van der Waals surface area contributed by atoms with Crippen LogP contribution < -0.4 is 4.90 Å². The van der Waals surface area contributed by atoms with Crippen LogP contribution in [0.5, 0.6) is 0 Å². The van der Waals surface area contributed by atoms with Crippen LogP contribution in [-0.2, 0) is 14.6 Å². The lowest BCUT2D eigenvalue weighted by Gasteiger charge is -2.34. The number of rotatable bonds is 4. The molecule has 0 atom stereocenters. The molecule has 1 aromatic heterocycles. The lowest BCUT2D eigenvalue weighted by Crippen LogP contribution is -2.48. The number of nitrogens with zero attached hydrogens (tertiary/aromatic N) is 3. The molecule has 1 fully saturated rings. The van der Waals surface area contributed by atoms with E-state index in [0.717, 1.165) is 5.56 Å². The predicted molar refractivity (Wildman–Crippen MR) is 118 cm³/mol. The summed E-state index contributed by atoms with van der Waals surface area (Å²) in [6.45, 7) is 5.23. The first-order valence-electron chi connectivity index (χ1n) is 9.85. The van der Waals surface area contributed by atoms with Gasteiger partial charge >= 0.3 is 0 Å². The van der Waals surface area contributed by atoms with Crippen LogP contribution in [0.25, 0.3) is 11.5 Å². The zero-order valence-corrected chi connectivity index (χ0v) is 18.8. The van der Waals surface area contributed by atoms with Gasteiger partial charge in [-0.15, -0.1) is 0 Å². The maximum atomic E-state index is 13.5. The fraction of sp³-hybridized carbons (Fsp3) is 0.273. The predicted octanol–water partition coefficient (Wildman–Crippen LogP) is 3.80. The van der Waals surface area contributed by atoms with Crippen molar-refractivity contribution in [3.8, 4) is 11.5 Å². The Morgan fingerprint density at radius 1 is 1.03 bits per heavy atom. The second-order valence-corrected chi connectivity index (χ2v) is 9.69. The van der Waals surface area contributed by atoms with E-state index in [-0.39, 0.29) is 27.6 Å². The van der Waals surface area contributed by atoms with Gasteiger partial charge in [0.15, 0.2) is 0 Å². The van der Waals surface area contributed by atoms with Crippen LogP contribution in [0, 0.1) is 6.92 Å². The summed E-state index contributed by atoms with van der Waals surface area (Å²) in [5.74, 6) is 0.292. The molecule has 0 spiro atoms. The number of oxazole rings is 1. The Morgan fingerprint density at radius 3 is 2.29 bits per heavy atom. The molecule has 0 unspecified atom stereocenters. The average molecular weight is 460 g/mol. The maximum Gasteiger partial charge on any atom is 0.236 e. The van der Waals surface area contributed by atoms with E-state index in [1.165, 1.54) is 6.92 Å². The number of carbonyl (C=O) groups is 1. The summed E-state index contributed by atoms with van der Waals surface area (Å²) in [5.41, 5.74) is 1.47. The number of carbonyl (C=O) groups excluding carboxylic acids is 1. The van der Waals surface area contributed by atoms with Gasteiger partial charge in [0.25, 0.3) is 0 Å². The molecule has 1 saturated heterocycles. The zero-order valence-electron chi connectivity index (χ0n) is 17.2. The van der Waals surface area contributed by atoms with Gasteiger partial charge < -0.3 is 14.2 Å². The first-order valence-corrected chi connectivity index (χ1v) is 11.7. The number of hydrogen-bond acceptors (Lipinski definition) is 6. The summed E-state index contributed by atoms with van der Waals surface area (Å²) in [6, 6.07) is 13.6. The molecule has 31 heavy (non-hydrogen) atoms. The van der Waals surface area contributed by atoms with Crippen LogP contribution in [-0.4, -0.2) is 50.4 Å². The van der Waals surface area contributed by atoms with E-state index in [4.69, 9.17) is 16.0 Å². The minimum atomic E-state index is -3.94. The summed E-state index contributed by atoms with van der Waals surface area (Å²) in [6.07, 6.45) is 0. The number of halogens is 1. The van der Waals surface area contributed by atoms with Crippen molar-refractivity contribution in [3.63, 3.8) is 0 Å². The SMILES string of the molecule is CC(=O)N1CCN(c2oc(-c3ccccc3Cl)nc2S(=O)(=O)c2ccc(C)cc2)CC1. The zero-order chi connectivity index (χ0) is 22.2. The average Bonchev–Trinajstić information content (AvgIpc) is 3.20. The number of aromatic nitrogens is 1. The fourth-order valence-electron chi connectivity index (χ4n) is 3.48. The van der Waals surface area contributed by atoms with Crippen molar-refractivity contribution in [2.45, 2.75) is 23.8 Å². The van der Waals surface area contributed by atoms with Gasteiger partial charge in [-0.3, -0.25) is 4.79 Å². The van der Waals surface area contributed by atoms with Crippen LogP contribution in [0.3, 0.4) is 0 Å². The summed E-state index contributed by atoms with van der Waals surface area (Å²) >= 11 is 6.30. The lowest BCUT2D eigenvalue weighted by molar-refractivity contribution is -0.129. The molecule has 3 aromatic rings. The Balaban J connectivity index is 1.80. The van der Waals surface area contributed by atoms with E-state index in [1.54, 1.807) is 53.4 Å². The van der Waals surface area contributed by atoms with Crippen LogP contribution in [0.2, 0.25) is 5.02 Å². The Labute approximate surface area is 186 Å². The van der Waals surface area contributed by atoms with E-state index in [9.17, 15) is 13.2 Å². The van der Waals surface area contributed by atoms with Crippen molar-refractivity contribution in [3.05, 3.63) is 59.1 Å². The Kier molecular flexibility index (Phi) is 5.77. The smallest absolute Gasteiger partial charge is 0.236 e. The highest BCUT2D eigenvalue weighted by molar-refractivity contribution is 7.91. The number of anilines is 1. The van der Waals surface area contributed by atoms with Crippen LogP contribution in [0.4, 0.5) is 5.88 Å². The number of benzene rings is 2. The molecule has 2 aromatic carbocycles. The highest BCUT2D eigenvalue weighted by Gasteiger charge is 2.33. The van der Waals surface area contributed by atoms with Crippen molar-refractivity contribution < 1.29 is 17.6 Å². The highest BCUT2D eigenvalue weighted by Crippen LogP contribution is 2.37. The summed E-state index contributed by atoms with van der Waals surface area (Å²) in [7, 11) is -3.94. The van der Waals surface area contributed by atoms with Crippen molar-refractivity contribution in [2.75, 3.05) is 31.1 Å². The van der Waals surface area contributed by atoms with Crippen LogP contribution in [0.1, 0.15) is 12.5 Å². The molecule has 0 N–H and O–H groups in total. The standard InChI is InChI=1S/C22H22ClN3O4S/c1-15-7-9-17(10-8-15)31(28,29)21-22(26-13-11-25(12-14-26)16(2)27)30-20(24-21)18-5-3-4-6-19(18)23/h3-10H,11-14H2,1-2H3. The second-order valence-electron chi connectivity index (χ2n) is 7.42. The lowest BCUT2D eigenvalue weighted by atomic mass is 10.2. The first-order chi connectivity index (χ1) is 14.8. The van der Waals surface area contributed by atoms with Gasteiger partial charge in [-0.2, -0.15) is 4.98 Å². The first kappa shape index (κ1) is 21.4. The maximum absolute atomic E-state index is 13.5. The van der Waals surface area contributed by atoms with Crippen molar-refractivity contribution in [2.24, 2.45) is 0 Å². The van der Waals surface area contributed by atoms with E-state index in [2.05, 4.69) is 4.98 Å². The van der Waals surface area contributed by atoms with Gasteiger partial charge in [0.2, 0.25) is 32.5 Å². The van der Waals surface area contributed by atoms with E-state index in [1.807, 2.05) is 11.8 Å². The largest absolute Gasteiger partial charge is 0.419 e. The number of sulfone groups is 1.